The minimum Gasteiger partial charge on any atom is -0.485 e. The normalized spacial score (nSPS) is 14.5. The second kappa shape index (κ2) is 19.3. The van der Waals surface area contributed by atoms with Crippen LogP contribution in [0.2, 0.25) is 0 Å². The van der Waals surface area contributed by atoms with Crippen LogP contribution in [-0.4, -0.2) is 6.10 Å². The molecule has 0 N–H and O–H groups in total. The first-order valence-corrected chi connectivity index (χ1v) is 29.9. The molecule has 0 saturated heterocycles. The third kappa shape index (κ3) is 7.39. The maximum Gasteiger partial charge on any atom is 0.143 e. The van der Waals surface area contributed by atoms with Crippen LogP contribution in [0.15, 0.2) is 308 Å². The van der Waals surface area contributed by atoms with E-state index in [1.165, 1.54) is 131 Å². The van der Waals surface area contributed by atoms with Crippen molar-refractivity contribution < 1.29 is 9.15 Å². The second-order valence-electron chi connectivity index (χ2n) is 23.2. The molecule has 1 aromatic heterocycles. The molecule has 2 atom stereocenters. The number of rotatable bonds is 7. The van der Waals surface area contributed by atoms with Gasteiger partial charge in [0.2, 0.25) is 0 Å². The molecule has 0 bridgehead atoms. The van der Waals surface area contributed by atoms with Gasteiger partial charge in [0.1, 0.15) is 23.0 Å². The summed E-state index contributed by atoms with van der Waals surface area (Å²) < 4.78 is 13.4. The number of para-hydroxylation sites is 1. The third-order valence-electron chi connectivity index (χ3n) is 18.6. The zero-order valence-electron chi connectivity index (χ0n) is 46.8. The van der Waals surface area contributed by atoms with Crippen molar-refractivity contribution in [3.05, 3.63) is 309 Å². The van der Waals surface area contributed by atoms with E-state index < -0.39 is 0 Å². The molecule has 1 aliphatic heterocycles. The average Bonchev–Trinajstić information content (AvgIpc) is 0.996. The number of fused-ring (bicyclic) bond motifs is 12. The van der Waals surface area contributed by atoms with Crippen molar-refractivity contribution in [3.63, 3.8) is 0 Å². The molecule has 2 nitrogen and oxygen atoms in total. The lowest BCUT2D eigenvalue weighted by atomic mass is 9.83. The fourth-order valence-electron chi connectivity index (χ4n) is 14.9. The predicted molar refractivity (Wildman–Crippen MR) is 362 cm³/mol. The summed E-state index contributed by atoms with van der Waals surface area (Å²) in [4.78, 5) is 0. The standard InChI is InChI=1S/C84H52O2/c1-2-23-57-51(19-1)20-14-37-63(57)81-70-29-7-3-25-66(70)79(67-26-4-8-30-71(67)81)53-45-43-52(44-46-53)58-33-15-40-74-83-65(39-18-42-78(83)86-84(58)74)61-36-16-35-60-59(61)34-17-38-64(60)82-72-31-9-5-27-68(72)80(69-28-6-10-32-73(69)82)56-22-13-21-54(49-56)55-47-48-77-75(50-55)62-24-11-12-41-76(62)85-77/h1-50,62,76H. The Balaban J connectivity index is 0.740. The SMILES string of the molecule is C1=CC2Oc3ccc(-c4cccc(-c5c6ccccc6c(-c6cccc7c(-c8cccc9oc%10c(-c%11ccc(-c%12c%13ccccc%13c(-c%13cccc%14ccccc%13%14)c%13ccccc%12%13)cc%11)cccc%10c89)cccc67)c6ccccc56)c4)cc3C2C=C1. The summed E-state index contributed by atoms with van der Waals surface area (Å²) in [6, 6.07) is 103. The number of ether oxygens (including phenoxy) is 1. The predicted octanol–water partition coefficient (Wildman–Crippen LogP) is 23.1. The molecule has 2 heterocycles. The Kier molecular flexibility index (Phi) is 10.9. The van der Waals surface area contributed by atoms with Gasteiger partial charge in [-0.3, -0.25) is 0 Å². The first-order chi connectivity index (χ1) is 42.7. The molecule has 0 saturated carbocycles. The van der Waals surface area contributed by atoms with Gasteiger partial charge in [-0.25, -0.2) is 0 Å². The quantitative estimate of drug-likeness (QED) is 0.148. The van der Waals surface area contributed by atoms with Crippen molar-refractivity contribution in [3.8, 4) is 83.6 Å². The highest BCUT2D eigenvalue weighted by atomic mass is 16.5. The Hall–Kier alpha value is -11.1. The lowest BCUT2D eigenvalue weighted by Crippen LogP contribution is -2.15. The monoisotopic (exact) mass is 1090 g/mol. The van der Waals surface area contributed by atoms with Crippen LogP contribution in [0, 0.1) is 0 Å². The van der Waals surface area contributed by atoms with Crippen LogP contribution in [0.4, 0.5) is 0 Å². The molecule has 86 heavy (non-hydrogen) atoms. The van der Waals surface area contributed by atoms with Crippen LogP contribution < -0.4 is 4.74 Å². The minimum absolute atomic E-state index is 0.0564. The van der Waals surface area contributed by atoms with Crippen LogP contribution in [0.5, 0.6) is 5.75 Å². The number of hydrogen-bond acceptors (Lipinski definition) is 2. The van der Waals surface area contributed by atoms with Gasteiger partial charge in [0.25, 0.3) is 0 Å². The van der Waals surface area contributed by atoms with Gasteiger partial charge in [-0.15, -0.1) is 0 Å². The summed E-state index contributed by atoms with van der Waals surface area (Å²) in [6.07, 6.45) is 8.71. The fourth-order valence-corrected chi connectivity index (χ4v) is 14.9. The van der Waals surface area contributed by atoms with Gasteiger partial charge < -0.3 is 9.15 Å². The lowest BCUT2D eigenvalue weighted by molar-refractivity contribution is 0.269. The highest BCUT2D eigenvalue weighted by Gasteiger charge is 2.32. The summed E-state index contributed by atoms with van der Waals surface area (Å²) in [5.41, 5.74) is 19.7. The van der Waals surface area contributed by atoms with E-state index in [1.807, 2.05) is 0 Å². The van der Waals surface area contributed by atoms with Gasteiger partial charge in [0, 0.05) is 27.8 Å². The zero-order valence-corrected chi connectivity index (χ0v) is 46.8. The number of benzene rings is 15. The van der Waals surface area contributed by atoms with Crippen molar-refractivity contribution in [2.24, 2.45) is 0 Å². The van der Waals surface area contributed by atoms with E-state index in [0.717, 1.165) is 44.4 Å². The summed E-state index contributed by atoms with van der Waals surface area (Å²) in [5, 5.41) is 17.0. The van der Waals surface area contributed by atoms with Gasteiger partial charge in [0.05, 0.1) is 0 Å². The van der Waals surface area contributed by atoms with Crippen molar-refractivity contribution in [1.29, 1.82) is 0 Å². The van der Waals surface area contributed by atoms with Gasteiger partial charge in [-0.2, -0.15) is 0 Å². The van der Waals surface area contributed by atoms with E-state index in [0.29, 0.717) is 0 Å². The van der Waals surface area contributed by atoms with Crippen molar-refractivity contribution >= 4 is 86.6 Å². The first kappa shape index (κ1) is 48.5. The van der Waals surface area contributed by atoms with Crippen LogP contribution in [0.1, 0.15) is 11.5 Å². The molecule has 18 rings (SSSR count). The molecule has 0 spiro atoms. The molecule has 0 amide bonds. The second-order valence-corrected chi connectivity index (χ2v) is 23.2. The third-order valence-corrected chi connectivity index (χ3v) is 18.6. The van der Waals surface area contributed by atoms with E-state index in [9.17, 15) is 0 Å². The lowest BCUT2D eigenvalue weighted by Gasteiger charge is -2.20. The smallest absolute Gasteiger partial charge is 0.143 e. The van der Waals surface area contributed by atoms with E-state index in [2.05, 4.69) is 303 Å². The van der Waals surface area contributed by atoms with E-state index in [-0.39, 0.29) is 12.0 Å². The maximum absolute atomic E-state index is 7.02. The Morgan fingerprint density at radius 1 is 0.267 bits per heavy atom. The fraction of sp³-hybridized carbons (Fsp3) is 0.0238. The summed E-state index contributed by atoms with van der Waals surface area (Å²) >= 11 is 0. The van der Waals surface area contributed by atoms with E-state index in [4.69, 9.17) is 9.15 Å². The highest BCUT2D eigenvalue weighted by molar-refractivity contribution is 6.26. The minimum atomic E-state index is 0.0564. The molecular weight excluding hydrogens is 1040 g/mol. The van der Waals surface area contributed by atoms with E-state index in [1.54, 1.807) is 0 Å². The molecule has 0 radical (unpaired) electrons. The van der Waals surface area contributed by atoms with Crippen molar-refractivity contribution in [1.82, 2.24) is 0 Å². The van der Waals surface area contributed by atoms with Gasteiger partial charge in [-0.1, -0.05) is 273 Å². The Morgan fingerprint density at radius 2 is 0.709 bits per heavy atom. The molecule has 1 aliphatic carbocycles. The highest BCUT2D eigenvalue weighted by Crippen LogP contribution is 2.51. The molecule has 16 aromatic rings. The number of allylic oxidation sites excluding steroid dienone is 2. The first-order valence-electron chi connectivity index (χ1n) is 29.9. The van der Waals surface area contributed by atoms with Crippen LogP contribution in [-0.2, 0) is 0 Å². The molecule has 2 heteroatoms. The number of furan rings is 1. The van der Waals surface area contributed by atoms with Crippen LogP contribution in [0.25, 0.3) is 164 Å². The summed E-state index contributed by atoms with van der Waals surface area (Å²) in [5.74, 6) is 1.21. The Morgan fingerprint density at radius 3 is 1.38 bits per heavy atom. The topological polar surface area (TPSA) is 22.4 Å². The van der Waals surface area contributed by atoms with Gasteiger partial charge >= 0.3 is 0 Å². The molecule has 2 aliphatic rings. The Bertz CT molecular complexity index is 5460. The molecule has 15 aromatic carbocycles. The van der Waals surface area contributed by atoms with Crippen molar-refractivity contribution in [2.75, 3.05) is 0 Å². The summed E-state index contributed by atoms with van der Waals surface area (Å²) in [6.45, 7) is 0. The average molecular weight is 1090 g/mol. The largest absolute Gasteiger partial charge is 0.485 e. The van der Waals surface area contributed by atoms with Gasteiger partial charge in [-0.05, 0) is 167 Å². The maximum atomic E-state index is 7.02. The number of hydrogen-bond donors (Lipinski definition) is 0. The molecule has 0 fully saturated rings. The molecule has 2 unspecified atom stereocenters. The van der Waals surface area contributed by atoms with Crippen LogP contribution >= 0.6 is 0 Å². The Labute approximate surface area is 497 Å². The van der Waals surface area contributed by atoms with Crippen LogP contribution in [0.3, 0.4) is 0 Å². The molecule has 400 valence electrons. The summed E-state index contributed by atoms with van der Waals surface area (Å²) in [7, 11) is 0. The molecular formula is C84H52O2. The zero-order chi connectivity index (χ0) is 56.4. The van der Waals surface area contributed by atoms with Gasteiger partial charge in [0.15, 0.2) is 0 Å². The van der Waals surface area contributed by atoms with E-state index >= 15 is 0 Å². The van der Waals surface area contributed by atoms with Crippen molar-refractivity contribution in [2.45, 2.75) is 12.0 Å².